The molecule has 1 aliphatic rings. The Balaban J connectivity index is 1.88. The van der Waals surface area contributed by atoms with Gasteiger partial charge < -0.3 is 4.74 Å². The summed E-state index contributed by atoms with van der Waals surface area (Å²) in [7, 11) is 0. The monoisotopic (exact) mass is 306 g/mol. The second kappa shape index (κ2) is 13.6. The maximum absolute atomic E-state index is 11.1. The first-order valence-electron chi connectivity index (χ1n) is 9.35. The minimum Gasteiger partial charge on any atom is -0.458 e. The van der Waals surface area contributed by atoms with Crippen LogP contribution in [0.5, 0.6) is 0 Å². The summed E-state index contributed by atoms with van der Waals surface area (Å²) in [5.74, 6) is -0.0560. The van der Waals surface area contributed by atoms with E-state index in [1.165, 1.54) is 57.8 Å². The van der Waals surface area contributed by atoms with Crippen molar-refractivity contribution in [3.8, 4) is 0 Å². The van der Waals surface area contributed by atoms with Gasteiger partial charge in [-0.3, -0.25) is 4.79 Å². The molecular formula is C20H34O2. The fourth-order valence-electron chi connectivity index (χ4n) is 2.81. The van der Waals surface area contributed by atoms with E-state index in [1.54, 1.807) is 0 Å². The molecule has 0 bridgehead atoms. The lowest BCUT2D eigenvalue weighted by atomic mass is 10.1. The highest BCUT2D eigenvalue weighted by molar-refractivity contribution is 5.70. The van der Waals surface area contributed by atoms with Crippen LogP contribution < -0.4 is 0 Å². The van der Waals surface area contributed by atoms with E-state index >= 15 is 0 Å². The fraction of sp³-hybridized carbons (Fsp3) is 0.750. The first kappa shape index (κ1) is 19.0. The Kier molecular flexibility index (Phi) is 11.7. The van der Waals surface area contributed by atoms with Crippen molar-refractivity contribution in [2.75, 3.05) is 0 Å². The number of carbonyl (C=O) groups excluding carboxylic acids is 1. The van der Waals surface area contributed by atoms with Crippen molar-refractivity contribution >= 4 is 5.97 Å². The van der Waals surface area contributed by atoms with E-state index in [0.717, 1.165) is 19.3 Å². The van der Waals surface area contributed by atoms with Crippen molar-refractivity contribution in [2.45, 2.75) is 96.5 Å². The van der Waals surface area contributed by atoms with Crippen molar-refractivity contribution in [3.05, 3.63) is 24.3 Å². The van der Waals surface area contributed by atoms with Crippen molar-refractivity contribution in [1.29, 1.82) is 0 Å². The largest absolute Gasteiger partial charge is 0.458 e. The molecule has 1 fully saturated rings. The van der Waals surface area contributed by atoms with Gasteiger partial charge in [0.2, 0.25) is 0 Å². The van der Waals surface area contributed by atoms with Gasteiger partial charge >= 0.3 is 5.97 Å². The molecule has 2 nitrogen and oxygen atoms in total. The molecule has 0 radical (unpaired) electrons. The lowest BCUT2D eigenvalue weighted by Crippen LogP contribution is -2.21. The second-order valence-electron chi connectivity index (χ2n) is 6.35. The molecule has 1 rings (SSSR count). The Morgan fingerprint density at radius 2 is 1.68 bits per heavy atom. The average molecular weight is 306 g/mol. The molecular weight excluding hydrogens is 272 g/mol. The third-order valence-electron chi connectivity index (χ3n) is 4.20. The van der Waals surface area contributed by atoms with Crippen LogP contribution in [-0.4, -0.2) is 12.1 Å². The molecule has 2 heteroatoms. The van der Waals surface area contributed by atoms with Crippen LogP contribution in [0.2, 0.25) is 0 Å². The molecule has 0 aliphatic carbocycles. The van der Waals surface area contributed by atoms with E-state index in [9.17, 15) is 4.79 Å². The van der Waals surface area contributed by atoms with Crippen molar-refractivity contribution in [3.63, 3.8) is 0 Å². The van der Waals surface area contributed by atoms with Crippen LogP contribution in [0.4, 0.5) is 0 Å². The van der Waals surface area contributed by atoms with Gasteiger partial charge in [0.05, 0.1) is 0 Å². The van der Waals surface area contributed by atoms with E-state index in [1.807, 2.05) is 12.2 Å². The first-order valence-corrected chi connectivity index (χ1v) is 9.35. The van der Waals surface area contributed by atoms with Gasteiger partial charge in [-0.15, -0.1) is 0 Å². The first-order chi connectivity index (χ1) is 10.8. The summed E-state index contributed by atoms with van der Waals surface area (Å²) in [4.78, 5) is 11.1. The highest BCUT2D eigenvalue weighted by atomic mass is 16.5. The highest BCUT2D eigenvalue weighted by Crippen LogP contribution is 2.15. The molecule has 0 N–H and O–H groups in total. The predicted molar refractivity (Wildman–Crippen MR) is 93.9 cm³/mol. The number of cyclic esters (lactones) is 1. The topological polar surface area (TPSA) is 26.3 Å². The number of hydrogen-bond acceptors (Lipinski definition) is 2. The number of carbonyl (C=O) groups is 1. The summed E-state index contributed by atoms with van der Waals surface area (Å²) in [6.07, 6.45) is 24.4. The summed E-state index contributed by atoms with van der Waals surface area (Å²) in [6.45, 7) is 2.27. The van der Waals surface area contributed by atoms with Crippen LogP contribution in [0.3, 0.4) is 0 Å². The zero-order valence-electron chi connectivity index (χ0n) is 14.4. The van der Waals surface area contributed by atoms with Gasteiger partial charge in [-0.2, -0.15) is 0 Å². The zero-order chi connectivity index (χ0) is 15.9. The molecule has 1 heterocycles. The Bertz CT molecular complexity index is 331. The summed E-state index contributed by atoms with van der Waals surface area (Å²) in [5, 5.41) is 0. The van der Waals surface area contributed by atoms with Gasteiger partial charge in [-0.05, 0) is 31.8 Å². The average Bonchev–Trinajstić information content (AvgIpc) is 2.52. The van der Waals surface area contributed by atoms with E-state index < -0.39 is 0 Å². The minimum absolute atomic E-state index is 0.00129. The van der Waals surface area contributed by atoms with E-state index in [-0.39, 0.29) is 12.1 Å². The predicted octanol–water partition coefficient (Wildman–Crippen LogP) is 6.12. The minimum atomic E-state index is -0.0560. The van der Waals surface area contributed by atoms with Crippen LogP contribution in [0.15, 0.2) is 24.3 Å². The summed E-state index contributed by atoms with van der Waals surface area (Å²) in [5.41, 5.74) is 0. The number of hydrogen-bond donors (Lipinski definition) is 0. The molecule has 1 atom stereocenters. The van der Waals surface area contributed by atoms with Crippen LogP contribution in [-0.2, 0) is 9.53 Å². The summed E-state index contributed by atoms with van der Waals surface area (Å²) in [6, 6.07) is 0. The third-order valence-corrected chi connectivity index (χ3v) is 4.20. The van der Waals surface area contributed by atoms with Gasteiger partial charge in [0, 0.05) is 6.42 Å². The molecule has 0 amide bonds. The van der Waals surface area contributed by atoms with Gasteiger partial charge in [0.15, 0.2) is 0 Å². The molecule has 22 heavy (non-hydrogen) atoms. The van der Waals surface area contributed by atoms with Gasteiger partial charge in [-0.25, -0.2) is 0 Å². The van der Waals surface area contributed by atoms with Crippen LogP contribution >= 0.6 is 0 Å². The SMILES string of the molecule is CCCCCCCCCCC/C=C\C=C/C1CCCC(=O)O1. The maximum atomic E-state index is 11.1. The highest BCUT2D eigenvalue weighted by Gasteiger charge is 2.16. The van der Waals surface area contributed by atoms with Crippen LogP contribution in [0.25, 0.3) is 0 Å². The fourth-order valence-corrected chi connectivity index (χ4v) is 2.81. The number of unbranched alkanes of at least 4 members (excludes halogenated alkanes) is 9. The Morgan fingerprint density at radius 1 is 1.00 bits per heavy atom. The van der Waals surface area contributed by atoms with E-state index in [4.69, 9.17) is 4.74 Å². The Hall–Kier alpha value is -1.05. The molecule has 0 aromatic carbocycles. The van der Waals surface area contributed by atoms with Crippen LogP contribution in [0, 0.1) is 0 Å². The molecule has 0 aromatic rings. The van der Waals surface area contributed by atoms with Crippen LogP contribution in [0.1, 0.15) is 90.4 Å². The molecule has 1 saturated heterocycles. The smallest absolute Gasteiger partial charge is 0.306 e. The van der Waals surface area contributed by atoms with Gasteiger partial charge in [-0.1, -0.05) is 76.5 Å². The van der Waals surface area contributed by atoms with E-state index in [0.29, 0.717) is 6.42 Å². The van der Waals surface area contributed by atoms with E-state index in [2.05, 4.69) is 19.1 Å². The van der Waals surface area contributed by atoms with Gasteiger partial charge in [0.25, 0.3) is 0 Å². The molecule has 0 spiro atoms. The maximum Gasteiger partial charge on any atom is 0.306 e. The second-order valence-corrected chi connectivity index (χ2v) is 6.35. The summed E-state index contributed by atoms with van der Waals surface area (Å²) >= 11 is 0. The Labute approximate surface area is 137 Å². The number of ether oxygens (including phenoxy) is 1. The number of allylic oxidation sites excluding steroid dienone is 3. The quantitative estimate of drug-likeness (QED) is 0.247. The Morgan fingerprint density at radius 3 is 2.36 bits per heavy atom. The lowest BCUT2D eigenvalue weighted by molar-refractivity contribution is -0.150. The molecule has 0 aromatic heterocycles. The molecule has 1 unspecified atom stereocenters. The normalized spacial score (nSPS) is 19.1. The molecule has 0 saturated carbocycles. The molecule has 126 valence electrons. The van der Waals surface area contributed by atoms with Crippen molar-refractivity contribution in [1.82, 2.24) is 0 Å². The lowest BCUT2D eigenvalue weighted by Gasteiger charge is -2.18. The zero-order valence-corrected chi connectivity index (χ0v) is 14.4. The number of rotatable bonds is 12. The third kappa shape index (κ3) is 10.6. The summed E-state index contributed by atoms with van der Waals surface area (Å²) < 4.78 is 5.23. The standard InChI is InChI=1S/C20H34O2/c1-2-3-4-5-6-7-8-9-10-11-12-13-14-16-19-17-15-18-20(21)22-19/h12-14,16,19H,2-11,15,17-18H2,1H3/b13-12-,16-14-. The molecule has 1 aliphatic heterocycles. The van der Waals surface area contributed by atoms with Crippen molar-refractivity contribution in [2.24, 2.45) is 0 Å². The number of esters is 1. The van der Waals surface area contributed by atoms with Gasteiger partial charge in [0.1, 0.15) is 6.10 Å². The van der Waals surface area contributed by atoms with Crippen molar-refractivity contribution < 1.29 is 9.53 Å².